The lowest BCUT2D eigenvalue weighted by molar-refractivity contribution is 1.31. The van der Waals surface area contributed by atoms with Crippen molar-refractivity contribution < 1.29 is 0 Å². The maximum Gasteiger partial charge on any atom is 0.0810 e. The van der Waals surface area contributed by atoms with E-state index < -0.39 is 0 Å². The van der Waals surface area contributed by atoms with E-state index in [4.69, 9.17) is 9.97 Å². The number of hydrogen-bond donors (Lipinski definition) is 0. The van der Waals surface area contributed by atoms with Crippen LogP contribution in [0.25, 0.3) is 68.4 Å². The van der Waals surface area contributed by atoms with Crippen LogP contribution in [0.15, 0.2) is 98.2 Å². The fraction of sp³-hybridized carbons (Fsp3) is 0.0303. The Bertz CT molecular complexity index is 1690. The molecular weight excluding hydrogens is 424 g/mol. The number of allylic oxidation sites excluding steroid dienone is 2. The van der Waals surface area contributed by atoms with Gasteiger partial charge in [0, 0.05) is 33.5 Å². The van der Waals surface area contributed by atoms with Crippen LogP contribution in [-0.4, -0.2) is 9.97 Å². The summed E-state index contributed by atoms with van der Waals surface area (Å²) in [6.45, 7) is 8.17. The summed E-state index contributed by atoms with van der Waals surface area (Å²) < 4.78 is 0. The molecule has 0 spiro atoms. The maximum absolute atomic E-state index is 5.22. The minimum absolute atomic E-state index is 0.883. The first-order valence-corrected chi connectivity index (χ1v) is 11.8. The van der Waals surface area contributed by atoms with Gasteiger partial charge in [0.15, 0.2) is 0 Å². The van der Waals surface area contributed by atoms with Crippen LogP contribution < -0.4 is 0 Å². The molecule has 0 atom stereocenters. The third-order valence-electron chi connectivity index (χ3n) is 6.68. The third kappa shape index (κ3) is 3.43. The summed E-state index contributed by atoms with van der Waals surface area (Å²) in [5.41, 5.74) is 9.47. The first-order valence-electron chi connectivity index (χ1n) is 11.8. The number of fused-ring (bicyclic) bond motifs is 4. The Labute approximate surface area is 205 Å². The van der Waals surface area contributed by atoms with Crippen molar-refractivity contribution in [1.82, 2.24) is 9.97 Å². The molecule has 2 heteroatoms. The molecule has 6 rings (SSSR count). The molecule has 0 radical (unpaired) electrons. The molecular formula is C33H24N2. The average Bonchev–Trinajstić information content (AvgIpc) is 3.17. The van der Waals surface area contributed by atoms with E-state index >= 15 is 0 Å². The molecule has 0 bridgehead atoms. The third-order valence-corrected chi connectivity index (χ3v) is 6.68. The summed E-state index contributed by atoms with van der Waals surface area (Å²) in [5, 5.41) is 3.35. The van der Waals surface area contributed by atoms with Crippen LogP contribution in [0, 0.1) is 0 Å². The molecule has 0 fully saturated rings. The van der Waals surface area contributed by atoms with Gasteiger partial charge < -0.3 is 0 Å². The lowest BCUT2D eigenvalue weighted by Gasteiger charge is -2.17. The molecule has 35 heavy (non-hydrogen) atoms. The van der Waals surface area contributed by atoms with Gasteiger partial charge in [-0.25, -0.2) is 4.98 Å². The topological polar surface area (TPSA) is 25.8 Å². The lowest BCUT2D eigenvalue weighted by Crippen LogP contribution is -1.99. The van der Waals surface area contributed by atoms with E-state index in [-0.39, 0.29) is 0 Å². The Kier molecular flexibility index (Phi) is 5.20. The summed E-state index contributed by atoms with van der Waals surface area (Å²) in [5.74, 6) is 0. The zero-order valence-electron chi connectivity index (χ0n) is 19.4. The Morgan fingerprint density at radius 1 is 0.743 bits per heavy atom. The van der Waals surface area contributed by atoms with Crippen molar-refractivity contribution in [1.29, 1.82) is 0 Å². The first kappa shape index (κ1) is 21.0. The van der Waals surface area contributed by atoms with Crippen LogP contribution >= 0.6 is 0 Å². The summed E-state index contributed by atoms with van der Waals surface area (Å²) in [4.78, 5) is 10.1. The molecule has 166 valence electrons. The van der Waals surface area contributed by atoms with Crippen LogP contribution in [-0.2, 0) is 0 Å². The second-order valence-electron chi connectivity index (χ2n) is 8.63. The number of benzene rings is 3. The number of aromatic nitrogens is 2. The molecule has 0 amide bonds. The largest absolute Gasteiger partial charge is 0.256 e. The van der Waals surface area contributed by atoms with Gasteiger partial charge in [-0.3, -0.25) is 4.98 Å². The lowest BCUT2D eigenvalue weighted by atomic mass is 9.90. The molecule has 0 saturated carbocycles. The molecule has 0 saturated heterocycles. The van der Waals surface area contributed by atoms with Crippen molar-refractivity contribution >= 4 is 46.0 Å². The summed E-state index contributed by atoms with van der Waals surface area (Å²) in [7, 11) is 0. The van der Waals surface area contributed by atoms with Crippen molar-refractivity contribution in [2.75, 3.05) is 0 Å². The van der Waals surface area contributed by atoms with Crippen LogP contribution in [0.3, 0.4) is 0 Å². The van der Waals surface area contributed by atoms with E-state index in [9.17, 15) is 0 Å². The van der Waals surface area contributed by atoms with Crippen LogP contribution in [0.4, 0.5) is 0 Å². The van der Waals surface area contributed by atoms with Gasteiger partial charge in [-0.15, -0.1) is 0 Å². The highest BCUT2D eigenvalue weighted by molar-refractivity contribution is 6.11. The van der Waals surface area contributed by atoms with Crippen LogP contribution in [0.2, 0.25) is 0 Å². The summed E-state index contributed by atoms with van der Waals surface area (Å²) >= 11 is 0. The number of hydrogen-bond acceptors (Lipinski definition) is 2. The van der Waals surface area contributed by atoms with E-state index in [0.29, 0.717) is 0 Å². The van der Waals surface area contributed by atoms with Gasteiger partial charge in [-0.2, -0.15) is 0 Å². The van der Waals surface area contributed by atoms with Gasteiger partial charge in [0.1, 0.15) is 0 Å². The molecule has 1 aliphatic rings. The smallest absolute Gasteiger partial charge is 0.0810 e. The van der Waals surface area contributed by atoms with Gasteiger partial charge in [0.25, 0.3) is 0 Å². The zero-order chi connectivity index (χ0) is 23.8. The predicted octanol–water partition coefficient (Wildman–Crippen LogP) is 8.83. The van der Waals surface area contributed by atoms with E-state index in [1.807, 2.05) is 30.5 Å². The monoisotopic (exact) mass is 448 g/mol. The van der Waals surface area contributed by atoms with Crippen molar-refractivity contribution in [3.8, 4) is 22.4 Å². The molecule has 0 N–H and O–H groups in total. The molecule has 1 aliphatic carbocycles. The Morgan fingerprint density at radius 3 is 2.40 bits per heavy atom. The number of nitrogens with zero attached hydrogens (tertiary/aromatic N) is 2. The highest BCUT2D eigenvalue weighted by Crippen LogP contribution is 2.40. The molecule has 3 aromatic carbocycles. The van der Waals surface area contributed by atoms with E-state index in [2.05, 4.69) is 92.1 Å². The van der Waals surface area contributed by atoms with E-state index in [1.165, 1.54) is 11.1 Å². The van der Waals surface area contributed by atoms with Gasteiger partial charge in [-0.05, 0) is 46.9 Å². The Hall–Kier alpha value is -4.56. The predicted molar refractivity (Wildman–Crippen MR) is 151 cm³/mol. The molecule has 0 aliphatic heterocycles. The van der Waals surface area contributed by atoms with Crippen molar-refractivity contribution in [2.45, 2.75) is 6.42 Å². The summed E-state index contributed by atoms with van der Waals surface area (Å²) in [6, 6.07) is 23.2. The van der Waals surface area contributed by atoms with E-state index in [1.54, 1.807) is 0 Å². The highest BCUT2D eigenvalue weighted by Gasteiger charge is 2.19. The zero-order valence-corrected chi connectivity index (χ0v) is 19.4. The summed E-state index contributed by atoms with van der Waals surface area (Å²) in [6.07, 6.45) is 15.2. The van der Waals surface area contributed by atoms with E-state index in [0.717, 1.165) is 61.7 Å². The number of pyridine rings is 2. The quantitative estimate of drug-likeness (QED) is 0.274. The normalized spacial score (nSPS) is 12.5. The SMILES string of the molecule is C=Cc1ccc2c(-c3ccc(-c4ccccc4)c4cccnc34)nc3c(c2c1C=C)C=CCC=C3. The average molecular weight is 449 g/mol. The van der Waals surface area contributed by atoms with Gasteiger partial charge in [0.05, 0.1) is 16.9 Å². The van der Waals surface area contributed by atoms with Gasteiger partial charge in [-0.1, -0.05) is 98.1 Å². The minimum Gasteiger partial charge on any atom is -0.256 e. The Balaban J connectivity index is 1.73. The number of rotatable bonds is 4. The molecule has 2 nitrogen and oxygen atoms in total. The second kappa shape index (κ2) is 8.66. The fourth-order valence-corrected chi connectivity index (χ4v) is 5.07. The first-order chi connectivity index (χ1) is 17.3. The molecule has 0 unspecified atom stereocenters. The van der Waals surface area contributed by atoms with Crippen molar-refractivity contribution in [3.63, 3.8) is 0 Å². The molecule has 2 aromatic heterocycles. The van der Waals surface area contributed by atoms with Crippen LogP contribution in [0.5, 0.6) is 0 Å². The van der Waals surface area contributed by atoms with Gasteiger partial charge >= 0.3 is 0 Å². The van der Waals surface area contributed by atoms with Crippen molar-refractivity contribution in [3.05, 3.63) is 121 Å². The standard InChI is InChI=1S/C33H24N2/c1-3-22-17-18-28-31(24(22)4-2)27-14-9-6-10-16-30(27)35-33(28)29-20-19-25(23-12-7-5-8-13-23)26-15-11-21-34-32(26)29/h3-5,7-21H,1-2,6H2. The fourth-order valence-electron chi connectivity index (χ4n) is 5.07. The van der Waals surface area contributed by atoms with Gasteiger partial charge in [0.2, 0.25) is 0 Å². The second-order valence-corrected chi connectivity index (χ2v) is 8.63. The maximum atomic E-state index is 5.22. The Morgan fingerprint density at radius 2 is 1.57 bits per heavy atom. The molecule has 2 heterocycles. The molecule has 5 aromatic rings. The van der Waals surface area contributed by atoms with Crippen LogP contribution in [0.1, 0.15) is 28.8 Å². The highest BCUT2D eigenvalue weighted by atomic mass is 14.7. The van der Waals surface area contributed by atoms with Crippen molar-refractivity contribution in [2.24, 2.45) is 0 Å². The minimum atomic E-state index is 0.883.